The predicted octanol–water partition coefficient (Wildman–Crippen LogP) is 8.41. The standard InChI is InChI=1S/C32H30ClFN4O2S/c1-41-18-28(35-16-20-5-6-20)31-12-11-29(40-31)22-7-9-27-25(14-22)32(37-19-36-27)38-24-8-10-30(26(33)15-24)39-17-21-3-2-4-23(34)13-21/h2-4,7-15,19-20,28,35H,5-6,16-18H2,1H3,(H,36,37,38)/t28-/m1/s1. The maximum absolute atomic E-state index is 13.5. The van der Waals surface area contributed by atoms with Gasteiger partial charge in [0.05, 0.1) is 16.6 Å². The Morgan fingerprint density at radius 3 is 2.78 bits per heavy atom. The van der Waals surface area contributed by atoms with Gasteiger partial charge < -0.3 is 19.8 Å². The maximum Gasteiger partial charge on any atom is 0.141 e. The third-order valence-electron chi connectivity index (χ3n) is 7.05. The summed E-state index contributed by atoms with van der Waals surface area (Å²) in [6.45, 7) is 1.25. The highest BCUT2D eigenvalue weighted by Crippen LogP contribution is 2.34. The Labute approximate surface area is 247 Å². The summed E-state index contributed by atoms with van der Waals surface area (Å²) >= 11 is 8.33. The zero-order valence-electron chi connectivity index (χ0n) is 22.6. The number of hydrogen-bond acceptors (Lipinski definition) is 7. The van der Waals surface area contributed by atoms with Crippen LogP contribution in [0, 0.1) is 11.7 Å². The second-order valence-corrected chi connectivity index (χ2v) is 11.5. The van der Waals surface area contributed by atoms with Crippen molar-refractivity contribution in [3.05, 3.63) is 101 Å². The van der Waals surface area contributed by atoms with E-state index >= 15 is 0 Å². The number of ether oxygens (including phenoxy) is 1. The minimum atomic E-state index is -0.301. The van der Waals surface area contributed by atoms with E-state index in [0.717, 1.165) is 57.5 Å². The van der Waals surface area contributed by atoms with Gasteiger partial charge in [-0.3, -0.25) is 0 Å². The average Bonchev–Trinajstić information content (AvgIpc) is 3.68. The molecule has 0 unspecified atom stereocenters. The monoisotopic (exact) mass is 588 g/mol. The molecule has 1 aliphatic carbocycles. The van der Waals surface area contributed by atoms with E-state index in [4.69, 9.17) is 20.8 Å². The van der Waals surface area contributed by atoms with Gasteiger partial charge in [-0.05, 0) is 97.8 Å². The Bertz CT molecular complexity index is 1660. The molecule has 0 aliphatic heterocycles. The first-order chi connectivity index (χ1) is 20.1. The fraction of sp³-hybridized carbons (Fsp3) is 0.250. The third-order valence-corrected chi connectivity index (χ3v) is 8.01. The Morgan fingerprint density at radius 1 is 1.07 bits per heavy atom. The molecule has 2 N–H and O–H groups in total. The van der Waals surface area contributed by atoms with Gasteiger partial charge in [0, 0.05) is 22.4 Å². The highest BCUT2D eigenvalue weighted by Gasteiger charge is 2.24. The van der Waals surface area contributed by atoms with Gasteiger partial charge in [-0.1, -0.05) is 23.7 Å². The van der Waals surface area contributed by atoms with Crippen LogP contribution in [-0.2, 0) is 6.61 Å². The highest BCUT2D eigenvalue weighted by atomic mass is 35.5. The molecule has 1 aliphatic rings. The molecule has 210 valence electrons. The summed E-state index contributed by atoms with van der Waals surface area (Å²) < 4.78 is 25.6. The zero-order chi connectivity index (χ0) is 28.2. The van der Waals surface area contributed by atoms with Crippen LogP contribution >= 0.6 is 23.4 Å². The molecule has 1 fully saturated rings. The number of hydrogen-bond donors (Lipinski definition) is 2. The van der Waals surface area contributed by atoms with Crippen molar-refractivity contribution in [2.45, 2.75) is 25.5 Å². The van der Waals surface area contributed by atoms with Crippen molar-refractivity contribution in [3.8, 4) is 17.1 Å². The molecule has 9 heteroatoms. The second kappa shape index (κ2) is 12.5. The predicted molar refractivity (Wildman–Crippen MR) is 165 cm³/mol. The minimum absolute atomic E-state index is 0.186. The van der Waals surface area contributed by atoms with Crippen LogP contribution in [-0.4, -0.2) is 28.5 Å². The Morgan fingerprint density at radius 2 is 1.98 bits per heavy atom. The Hall–Kier alpha value is -3.59. The van der Waals surface area contributed by atoms with Gasteiger partial charge in [0.1, 0.15) is 41.8 Å². The number of benzene rings is 3. The molecule has 41 heavy (non-hydrogen) atoms. The van der Waals surface area contributed by atoms with Crippen molar-refractivity contribution in [2.24, 2.45) is 5.92 Å². The van der Waals surface area contributed by atoms with Crippen LogP contribution in [0.2, 0.25) is 5.02 Å². The van der Waals surface area contributed by atoms with Gasteiger partial charge in [0.25, 0.3) is 0 Å². The molecule has 0 spiro atoms. The zero-order valence-corrected chi connectivity index (χ0v) is 24.1. The van der Waals surface area contributed by atoms with Gasteiger partial charge in [0.15, 0.2) is 0 Å². The Kier molecular flexibility index (Phi) is 8.41. The number of rotatable bonds is 12. The van der Waals surface area contributed by atoms with Gasteiger partial charge in [-0.2, -0.15) is 11.8 Å². The molecule has 0 bridgehead atoms. The van der Waals surface area contributed by atoms with Crippen LogP contribution in [0.25, 0.3) is 22.2 Å². The molecular formula is C32H30ClFN4O2S. The third kappa shape index (κ3) is 6.84. The Balaban J connectivity index is 1.19. The lowest BCUT2D eigenvalue weighted by atomic mass is 10.1. The van der Waals surface area contributed by atoms with E-state index in [2.05, 4.69) is 32.9 Å². The molecular weight excluding hydrogens is 559 g/mol. The van der Waals surface area contributed by atoms with Crippen LogP contribution in [0.3, 0.4) is 0 Å². The lowest BCUT2D eigenvalue weighted by Crippen LogP contribution is -2.25. The van der Waals surface area contributed by atoms with E-state index in [0.29, 0.717) is 16.6 Å². The van der Waals surface area contributed by atoms with Crippen molar-refractivity contribution < 1.29 is 13.5 Å². The molecule has 3 aromatic carbocycles. The first-order valence-electron chi connectivity index (χ1n) is 13.6. The number of nitrogens with one attached hydrogen (secondary N) is 2. The number of thioether (sulfide) groups is 1. The summed E-state index contributed by atoms with van der Waals surface area (Å²) in [5, 5.41) is 8.33. The number of aromatic nitrogens is 2. The maximum atomic E-state index is 13.5. The van der Waals surface area contributed by atoms with Crippen molar-refractivity contribution in [1.82, 2.24) is 15.3 Å². The van der Waals surface area contributed by atoms with Crippen LogP contribution in [0.5, 0.6) is 5.75 Å². The topological polar surface area (TPSA) is 72.2 Å². The van der Waals surface area contributed by atoms with Crippen LogP contribution in [0.1, 0.15) is 30.2 Å². The van der Waals surface area contributed by atoms with Gasteiger partial charge in [-0.15, -0.1) is 0 Å². The lowest BCUT2D eigenvalue weighted by molar-refractivity contribution is 0.306. The summed E-state index contributed by atoms with van der Waals surface area (Å²) in [6, 6.07) is 22.0. The van der Waals surface area contributed by atoms with E-state index in [-0.39, 0.29) is 18.5 Å². The molecule has 0 amide bonds. The largest absolute Gasteiger partial charge is 0.487 e. The molecule has 2 aromatic heterocycles. The molecule has 0 radical (unpaired) electrons. The average molecular weight is 589 g/mol. The van der Waals surface area contributed by atoms with Crippen LogP contribution in [0.4, 0.5) is 15.9 Å². The number of nitrogens with zero attached hydrogens (tertiary/aromatic N) is 2. The number of furan rings is 1. The van der Waals surface area contributed by atoms with Crippen LogP contribution < -0.4 is 15.4 Å². The minimum Gasteiger partial charge on any atom is -0.487 e. The summed E-state index contributed by atoms with van der Waals surface area (Å²) in [4.78, 5) is 8.95. The van der Waals surface area contributed by atoms with Crippen molar-refractivity contribution in [1.29, 1.82) is 0 Å². The second-order valence-electron chi connectivity index (χ2n) is 10.2. The summed E-state index contributed by atoms with van der Waals surface area (Å²) in [5.41, 5.74) is 3.24. The number of anilines is 2. The molecule has 1 atom stereocenters. The molecule has 5 aromatic rings. The molecule has 6 rings (SSSR count). The van der Waals surface area contributed by atoms with E-state index < -0.39 is 0 Å². The van der Waals surface area contributed by atoms with Gasteiger partial charge in [-0.25, -0.2) is 14.4 Å². The summed E-state index contributed by atoms with van der Waals surface area (Å²) in [5.74, 6) is 4.38. The summed E-state index contributed by atoms with van der Waals surface area (Å²) in [7, 11) is 0. The fourth-order valence-electron chi connectivity index (χ4n) is 4.66. The molecule has 2 heterocycles. The molecule has 0 saturated heterocycles. The van der Waals surface area contributed by atoms with E-state index in [9.17, 15) is 4.39 Å². The smallest absolute Gasteiger partial charge is 0.141 e. The first kappa shape index (κ1) is 27.6. The van der Waals surface area contributed by atoms with Crippen molar-refractivity contribution >= 4 is 45.8 Å². The van der Waals surface area contributed by atoms with Gasteiger partial charge in [0.2, 0.25) is 0 Å². The van der Waals surface area contributed by atoms with Crippen molar-refractivity contribution in [3.63, 3.8) is 0 Å². The van der Waals surface area contributed by atoms with E-state index in [1.54, 1.807) is 24.3 Å². The molecule has 1 saturated carbocycles. The lowest BCUT2D eigenvalue weighted by Gasteiger charge is -2.15. The van der Waals surface area contributed by atoms with Gasteiger partial charge >= 0.3 is 0 Å². The SMILES string of the molecule is CSC[C@@H](NCC1CC1)c1ccc(-c2ccc3ncnc(Nc4ccc(OCc5cccc(F)c5)c(Cl)c4)c3c2)o1. The number of halogens is 2. The van der Waals surface area contributed by atoms with E-state index in [1.165, 1.54) is 31.3 Å². The molecule has 6 nitrogen and oxygen atoms in total. The van der Waals surface area contributed by atoms with Crippen LogP contribution in [0.15, 0.2) is 83.5 Å². The normalized spacial score (nSPS) is 13.8. The fourth-order valence-corrected chi connectivity index (χ4v) is 5.51. The van der Waals surface area contributed by atoms with Crippen molar-refractivity contribution in [2.75, 3.05) is 23.9 Å². The first-order valence-corrected chi connectivity index (χ1v) is 15.3. The van der Waals surface area contributed by atoms with E-state index in [1.807, 2.05) is 42.1 Å². The quantitative estimate of drug-likeness (QED) is 0.152. The summed E-state index contributed by atoms with van der Waals surface area (Å²) in [6.07, 6.45) is 6.29. The highest BCUT2D eigenvalue weighted by molar-refractivity contribution is 7.98. The number of fused-ring (bicyclic) bond motifs is 1.